The van der Waals surface area contributed by atoms with Gasteiger partial charge in [0.25, 0.3) is 5.89 Å². The summed E-state index contributed by atoms with van der Waals surface area (Å²) >= 11 is 0. The molecule has 0 saturated carbocycles. The number of hydrogen-bond donors (Lipinski definition) is 1. The second kappa shape index (κ2) is 9.26. The van der Waals surface area contributed by atoms with Gasteiger partial charge in [0, 0.05) is 11.3 Å². The molecule has 36 heavy (non-hydrogen) atoms. The molecule has 182 valence electrons. The van der Waals surface area contributed by atoms with E-state index in [1.807, 2.05) is 12.1 Å². The molecule has 9 heteroatoms. The molecule has 1 atom stereocenters. The number of rotatable bonds is 5. The second-order valence-electron chi connectivity index (χ2n) is 8.35. The number of carbonyl (C=O) groups is 1. The number of nitrogens with one attached hydrogen (secondary N) is 1. The molecule has 0 saturated heterocycles. The van der Waals surface area contributed by atoms with Gasteiger partial charge < -0.3 is 14.6 Å². The van der Waals surface area contributed by atoms with Crippen LogP contribution in [0.3, 0.4) is 0 Å². The number of aryl methyl sites for hydroxylation is 1. The van der Waals surface area contributed by atoms with E-state index in [4.69, 9.17) is 9.26 Å². The van der Waals surface area contributed by atoms with Crippen molar-refractivity contribution in [3.63, 3.8) is 0 Å². The van der Waals surface area contributed by atoms with Gasteiger partial charge in [0.1, 0.15) is 17.4 Å². The Kier molecular flexibility index (Phi) is 5.97. The summed E-state index contributed by atoms with van der Waals surface area (Å²) < 4.78 is 38.2. The van der Waals surface area contributed by atoms with Crippen LogP contribution in [0.5, 0.6) is 5.75 Å². The summed E-state index contributed by atoms with van der Waals surface area (Å²) in [6, 6.07) is 16.5. The fourth-order valence-electron chi connectivity index (χ4n) is 4.19. The number of allylic oxidation sites excluding steroid dienone is 1. The Bertz CT molecular complexity index is 1460. The van der Waals surface area contributed by atoms with E-state index in [9.17, 15) is 13.6 Å². The third-order valence-corrected chi connectivity index (χ3v) is 6.09. The average molecular weight is 488 g/mol. The van der Waals surface area contributed by atoms with Crippen LogP contribution in [0.2, 0.25) is 0 Å². The highest BCUT2D eigenvalue weighted by molar-refractivity contribution is 6.01. The number of ether oxygens (including phenoxy) is 1. The summed E-state index contributed by atoms with van der Waals surface area (Å²) in [5.74, 6) is 0.398. The summed E-state index contributed by atoms with van der Waals surface area (Å²) in [6.45, 7) is 3.40. The van der Waals surface area contributed by atoms with Gasteiger partial charge in [-0.05, 0) is 79.6 Å². The van der Waals surface area contributed by atoms with Gasteiger partial charge in [-0.1, -0.05) is 17.3 Å². The summed E-state index contributed by atoms with van der Waals surface area (Å²) in [4.78, 5) is 19.3. The van der Waals surface area contributed by atoms with Crippen molar-refractivity contribution in [2.24, 2.45) is 0 Å². The van der Waals surface area contributed by atoms with Crippen LogP contribution in [0.15, 0.2) is 77.0 Å². The van der Waals surface area contributed by atoms with Gasteiger partial charge in [-0.2, -0.15) is 4.98 Å². The molecule has 2 heterocycles. The first kappa shape index (κ1) is 23.2. The lowest BCUT2D eigenvalue weighted by atomic mass is 9.94. The Morgan fingerprint density at radius 3 is 2.39 bits per heavy atom. The third-order valence-electron chi connectivity index (χ3n) is 6.09. The van der Waals surface area contributed by atoms with Gasteiger partial charge in [0.2, 0.25) is 5.82 Å². The normalized spacial score (nSPS) is 15.8. The minimum atomic E-state index is -0.609. The van der Waals surface area contributed by atoms with Gasteiger partial charge >= 0.3 is 6.03 Å². The van der Waals surface area contributed by atoms with E-state index in [2.05, 4.69) is 15.5 Å². The molecule has 5 rings (SSSR count). The van der Waals surface area contributed by atoms with Crippen LogP contribution in [0.25, 0.3) is 17.0 Å². The zero-order valence-corrected chi connectivity index (χ0v) is 19.8. The maximum atomic E-state index is 13.9. The van der Waals surface area contributed by atoms with Crippen LogP contribution in [0, 0.1) is 18.6 Å². The molecule has 1 aliphatic heterocycles. The zero-order valence-electron chi connectivity index (χ0n) is 19.8. The van der Waals surface area contributed by atoms with E-state index < -0.39 is 6.04 Å². The van der Waals surface area contributed by atoms with Crippen LogP contribution in [0.1, 0.15) is 30.0 Å². The van der Waals surface area contributed by atoms with Crippen molar-refractivity contribution in [1.82, 2.24) is 15.5 Å². The maximum Gasteiger partial charge on any atom is 0.326 e. The van der Waals surface area contributed by atoms with Gasteiger partial charge in [0.05, 0.1) is 24.4 Å². The second-order valence-corrected chi connectivity index (χ2v) is 8.35. The highest BCUT2D eigenvalue weighted by Gasteiger charge is 2.36. The summed E-state index contributed by atoms with van der Waals surface area (Å²) in [5.41, 5.74) is 3.37. The van der Waals surface area contributed by atoms with Crippen molar-refractivity contribution in [3.05, 3.63) is 101 Å². The monoisotopic (exact) mass is 488 g/mol. The van der Waals surface area contributed by atoms with E-state index in [1.54, 1.807) is 51.3 Å². The van der Waals surface area contributed by atoms with Crippen LogP contribution < -0.4 is 15.0 Å². The molecule has 0 spiro atoms. The van der Waals surface area contributed by atoms with E-state index in [-0.39, 0.29) is 29.4 Å². The molecule has 3 aromatic carbocycles. The van der Waals surface area contributed by atoms with Crippen LogP contribution in [-0.2, 0) is 0 Å². The minimum absolute atomic E-state index is 0.191. The number of urea groups is 1. The van der Waals surface area contributed by atoms with Crippen molar-refractivity contribution in [1.29, 1.82) is 0 Å². The molecule has 1 unspecified atom stereocenters. The predicted octanol–water partition coefficient (Wildman–Crippen LogP) is 6.03. The van der Waals surface area contributed by atoms with Gasteiger partial charge in [-0.25, -0.2) is 13.6 Å². The summed E-state index contributed by atoms with van der Waals surface area (Å²) in [7, 11) is 1.57. The number of benzene rings is 3. The van der Waals surface area contributed by atoms with Crippen LogP contribution in [0.4, 0.5) is 19.3 Å². The van der Waals surface area contributed by atoms with Gasteiger partial charge in [-0.3, -0.25) is 4.90 Å². The van der Waals surface area contributed by atoms with E-state index in [0.717, 1.165) is 5.56 Å². The molecular formula is C27H22F2N4O3. The molecule has 0 fully saturated rings. The number of halogens is 2. The topological polar surface area (TPSA) is 80.5 Å². The predicted molar refractivity (Wildman–Crippen MR) is 130 cm³/mol. The first-order chi connectivity index (χ1) is 17.4. The molecular weight excluding hydrogens is 466 g/mol. The standard InChI is InChI=1S/C27H22F2N4O3/c1-15-14-20(10-13-22(15)29)33-16(2)23(24(30-27(33)34)17-6-11-21(35-3)12-7-17)26-31-25(32-36-26)18-4-8-19(28)9-5-18/h4-14,24H,1-3H3,(H,30,34). The maximum absolute atomic E-state index is 13.9. The SMILES string of the molecule is COc1ccc(C2NC(=O)N(c3ccc(F)c(C)c3)C(C)=C2c2nc(-c3ccc(F)cc3)no2)cc1. The Morgan fingerprint density at radius 2 is 1.72 bits per heavy atom. The van der Waals surface area contributed by atoms with E-state index in [0.29, 0.717) is 33.8 Å². The fourth-order valence-corrected chi connectivity index (χ4v) is 4.19. The smallest absolute Gasteiger partial charge is 0.326 e. The molecule has 0 bridgehead atoms. The molecule has 4 aromatic rings. The highest BCUT2D eigenvalue weighted by atomic mass is 19.1. The molecule has 7 nitrogen and oxygen atoms in total. The zero-order chi connectivity index (χ0) is 25.4. The Balaban J connectivity index is 1.65. The largest absolute Gasteiger partial charge is 0.497 e. The quantitative estimate of drug-likeness (QED) is 0.371. The lowest BCUT2D eigenvalue weighted by Crippen LogP contribution is -2.46. The number of anilines is 1. The van der Waals surface area contributed by atoms with Gasteiger partial charge in [0.15, 0.2) is 0 Å². The van der Waals surface area contributed by atoms with Crippen molar-refractivity contribution in [2.45, 2.75) is 19.9 Å². The van der Waals surface area contributed by atoms with E-state index >= 15 is 0 Å². The molecule has 0 radical (unpaired) electrons. The fraction of sp³-hybridized carbons (Fsp3) is 0.148. The molecule has 0 aliphatic carbocycles. The number of nitrogens with zero attached hydrogens (tertiary/aromatic N) is 3. The van der Waals surface area contributed by atoms with Crippen LogP contribution in [-0.4, -0.2) is 23.3 Å². The number of methoxy groups -OCH3 is 1. The Hall–Kier alpha value is -4.53. The van der Waals surface area contributed by atoms with Crippen molar-refractivity contribution in [2.75, 3.05) is 12.0 Å². The first-order valence-corrected chi connectivity index (χ1v) is 11.2. The number of amides is 2. The minimum Gasteiger partial charge on any atom is -0.497 e. The molecule has 2 amide bonds. The lowest BCUT2D eigenvalue weighted by molar-refractivity contribution is 0.244. The lowest BCUT2D eigenvalue weighted by Gasteiger charge is -2.35. The number of hydrogen-bond acceptors (Lipinski definition) is 5. The van der Waals surface area contributed by atoms with Crippen molar-refractivity contribution in [3.8, 4) is 17.1 Å². The molecule has 1 aliphatic rings. The summed E-state index contributed by atoms with van der Waals surface area (Å²) in [5, 5.41) is 7.09. The molecule has 1 aromatic heterocycles. The van der Waals surface area contributed by atoms with Crippen molar-refractivity contribution < 1.29 is 22.8 Å². The average Bonchev–Trinajstić information content (AvgIpc) is 3.36. The summed E-state index contributed by atoms with van der Waals surface area (Å²) in [6.07, 6.45) is 0. The molecule has 1 N–H and O–H groups in total. The third kappa shape index (κ3) is 4.19. The first-order valence-electron chi connectivity index (χ1n) is 11.2. The van der Waals surface area contributed by atoms with Crippen LogP contribution >= 0.6 is 0 Å². The highest BCUT2D eigenvalue weighted by Crippen LogP contribution is 2.39. The Labute approximate surface area is 206 Å². The van der Waals surface area contributed by atoms with Crippen molar-refractivity contribution >= 4 is 17.3 Å². The Morgan fingerprint density at radius 1 is 1.00 bits per heavy atom. The van der Waals surface area contributed by atoms with Gasteiger partial charge in [-0.15, -0.1) is 0 Å². The number of aromatic nitrogens is 2. The van der Waals surface area contributed by atoms with E-state index in [1.165, 1.54) is 29.2 Å². The number of carbonyl (C=O) groups excluding carboxylic acids is 1.